The van der Waals surface area contributed by atoms with Crippen LogP contribution in [-0.2, 0) is 53.5 Å². The monoisotopic (exact) mass is 914 g/mol. The summed E-state index contributed by atoms with van der Waals surface area (Å²) in [5, 5.41) is 11.2. The van der Waals surface area contributed by atoms with Gasteiger partial charge in [0.25, 0.3) is 0 Å². The zero-order chi connectivity index (χ0) is 46.4. The van der Waals surface area contributed by atoms with E-state index in [-0.39, 0.29) is 49.8 Å². The van der Waals surface area contributed by atoms with Gasteiger partial charge >= 0.3 is 30.8 Å². The van der Waals surface area contributed by atoms with Crippen molar-refractivity contribution in [3.05, 3.63) is 167 Å². The molecule has 68 heavy (non-hydrogen) atoms. The number of hydrogen-bond donors (Lipinski definition) is 3. The Morgan fingerprint density at radius 3 is 1.44 bits per heavy atom. The molecular formula is C54H55LiN2O11. The molecule has 0 fully saturated rings. The summed E-state index contributed by atoms with van der Waals surface area (Å²) in [7, 11) is 0. The fraction of sp³-hybridized carbons (Fsp3) is 0.222. The van der Waals surface area contributed by atoms with Gasteiger partial charge in [-0.3, -0.25) is 9.59 Å². The minimum Gasteiger partial charge on any atom is -0.870 e. The van der Waals surface area contributed by atoms with E-state index >= 15 is 0 Å². The van der Waals surface area contributed by atoms with Crippen molar-refractivity contribution in [1.82, 2.24) is 0 Å². The largest absolute Gasteiger partial charge is 1.00 e. The van der Waals surface area contributed by atoms with Crippen molar-refractivity contribution >= 4 is 33.9 Å². The van der Waals surface area contributed by atoms with Crippen LogP contribution in [0.25, 0.3) is 44.2 Å². The van der Waals surface area contributed by atoms with Crippen molar-refractivity contribution in [2.45, 2.75) is 59.9 Å². The molecule has 13 nitrogen and oxygen atoms in total. The Balaban J connectivity index is 0.000000247. The summed E-state index contributed by atoms with van der Waals surface area (Å²) in [5.41, 5.74) is 22.6. The van der Waals surface area contributed by atoms with Crippen molar-refractivity contribution < 1.29 is 71.6 Å². The average Bonchev–Trinajstić information content (AvgIpc) is 4.02. The zero-order valence-electron chi connectivity index (χ0n) is 38.8. The van der Waals surface area contributed by atoms with Crippen molar-refractivity contribution in [3.8, 4) is 45.3 Å². The van der Waals surface area contributed by atoms with Crippen LogP contribution in [-0.4, -0.2) is 42.3 Å². The maximum atomic E-state index is 12.1. The molecule has 0 saturated heterocycles. The molecule has 0 bridgehead atoms. The van der Waals surface area contributed by atoms with Crippen LogP contribution in [0, 0.1) is 0 Å². The van der Waals surface area contributed by atoms with Crippen molar-refractivity contribution in [3.63, 3.8) is 0 Å². The van der Waals surface area contributed by atoms with Gasteiger partial charge < -0.3 is 54.6 Å². The SMILES string of the molecule is CCOC(=O)Cc1ccc(OCC)cc1OCc1cc(-c2cccc(CN)c2)c2occc2c1.CCOc1ccc(CC(=O)O)c(OCc2cc(-c3cccc(CN)c3)c3occc3c2)c1.[Li+].[OH-]. The van der Waals surface area contributed by atoms with Crippen molar-refractivity contribution in [1.29, 1.82) is 0 Å². The van der Waals surface area contributed by atoms with Crippen LogP contribution >= 0.6 is 0 Å². The van der Waals surface area contributed by atoms with E-state index in [2.05, 4.69) is 18.2 Å². The normalized spacial score (nSPS) is 10.6. The van der Waals surface area contributed by atoms with Gasteiger partial charge in [0.15, 0.2) is 0 Å². The van der Waals surface area contributed by atoms with Crippen LogP contribution in [0.4, 0.5) is 0 Å². The fourth-order valence-corrected chi connectivity index (χ4v) is 7.61. The summed E-state index contributed by atoms with van der Waals surface area (Å²) in [6, 6.07) is 38.9. The number of nitrogens with two attached hydrogens (primary N) is 2. The van der Waals surface area contributed by atoms with Crippen LogP contribution < -0.4 is 49.3 Å². The van der Waals surface area contributed by atoms with Crippen LogP contribution in [0.15, 0.2) is 143 Å². The minimum absolute atomic E-state index is 0. The standard InChI is InChI=1S/C28H29NO5.C26H25NO5.Li.H2O/c1-3-31-24-9-8-22(15-27(30)32-4-2)26(16-24)34-18-20-13-23-10-11-33-28(23)25(14-20)21-7-5-6-19(12-21)17-29;1-2-30-22-7-6-20(13-25(28)29)24(14-22)32-16-18-11-21-8-9-31-26(21)23(12-18)19-5-3-4-17(10-19)15-27;;/h5-14,16H,3-4,15,17-18,29H2,1-2H3;3-12,14H,2,13,15-16,27H2,1H3,(H,28,29);;1H2/q;;+1;/p-1. The molecule has 348 valence electrons. The van der Waals surface area contributed by atoms with Gasteiger partial charge in [-0.2, -0.15) is 0 Å². The van der Waals surface area contributed by atoms with Gasteiger partial charge in [0.05, 0.1) is 45.2 Å². The maximum absolute atomic E-state index is 12.1. The van der Waals surface area contributed by atoms with Crippen LogP contribution in [0.5, 0.6) is 23.0 Å². The second kappa shape index (κ2) is 25.2. The number of hydrogen-bond acceptors (Lipinski definition) is 12. The second-order valence-corrected chi connectivity index (χ2v) is 15.3. The Kier molecular flexibility index (Phi) is 19.3. The molecule has 0 radical (unpaired) electrons. The zero-order valence-corrected chi connectivity index (χ0v) is 38.8. The van der Waals surface area contributed by atoms with Gasteiger partial charge in [0.1, 0.15) is 47.4 Å². The molecule has 0 aliphatic heterocycles. The second-order valence-electron chi connectivity index (χ2n) is 15.3. The molecular weight excluding hydrogens is 860 g/mol. The first-order valence-electron chi connectivity index (χ1n) is 21.9. The first-order valence-corrected chi connectivity index (χ1v) is 21.9. The van der Waals surface area contributed by atoms with Crippen LogP contribution in [0.3, 0.4) is 0 Å². The van der Waals surface area contributed by atoms with Gasteiger partial charge in [-0.15, -0.1) is 0 Å². The smallest absolute Gasteiger partial charge is 0.870 e. The number of esters is 1. The van der Waals surface area contributed by atoms with Crippen LogP contribution in [0.1, 0.15) is 54.2 Å². The third-order valence-corrected chi connectivity index (χ3v) is 10.6. The molecule has 6 aromatic carbocycles. The van der Waals surface area contributed by atoms with E-state index in [0.717, 1.165) is 72.0 Å². The van der Waals surface area contributed by atoms with E-state index in [1.807, 2.05) is 98.8 Å². The average molecular weight is 915 g/mol. The predicted octanol–water partition coefficient (Wildman–Crippen LogP) is 7.63. The minimum atomic E-state index is -0.916. The Labute approximate surface area is 407 Å². The summed E-state index contributed by atoms with van der Waals surface area (Å²) in [5.74, 6) is 1.21. The summed E-state index contributed by atoms with van der Waals surface area (Å²) in [4.78, 5) is 23.4. The molecule has 0 unspecified atom stereocenters. The number of carbonyl (C=O) groups excluding carboxylic acids is 1. The van der Waals surface area contributed by atoms with E-state index < -0.39 is 5.97 Å². The van der Waals surface area contributed by atoms with Crippen molar-refractivity contribution in [2.75, 3.05) is 19.8 Å². The molecule has 14 heteroatoms. The molecule has 8 rings (SSSR count). The van der Waals surface area contributed by atoms with Crippen LogP contribution in [0.2, 0.25) is 0 Å². The van der Waals surface area contributed by atoms with Gasteiger partial charge in [-0.25, -0.2) is 0 Å². The maximum Gasteiger partial charge on any atom is 1.00 e. The van der Waals surface area contributed by atoms with E-state index in [1.165, 1.54) is 0 Å². The Morgan fingerprint density at radius 2 is 1.01 bits per heavy atom. The number of carbonyl (C=O) groups is 2. The summed E-state index contributed by atoms with van der Waals surface area (Å²) >= 11 is 0. The van der Waals surface area contributed by atoms with E-state index in [1.54, 1.807) is 37.6 Å². The number of carboxylic acids is 1. The van der Waals surface area contributed by atoms with E-state index in [4.69, 9.17) is 44.0 Å². The first kappa shape index (κ1) is 52.0. The Hall–Kier alpha value is -6.98. The molecule has 0 atom stereocenters. The molecule has 0 aliphatic rings. The summed E-state index contributed by atoms with van der Waals surface area (Å²) in [6.07, 6.45) is 3.36. The van der Waals surface area contributed by atoms with E-state index in [0.29, 0.717) is 68.1 Å². The third-order valence-electron chi connectivity index (χ3n) is 10.6. The number of ether oxygens (including phenoxy) is 5. The molecule has 0 amide bonds. The van der Waals surface area contributed by atoms with Gasteiger partial charge in [0.2, 0.25) is 0 Å². The molecule has 0 saturated carbocycles. The molecule has 0 aliphatic carbocycles. The third kappa shape index (κ3) is 13.3. The first-order chi connectivity index (χ1) is 32.2. The van der Waals surface area contributed by atoms with Gasteiger partial charge in [-0.05, 0) is 115 Å². The molecule has 8 aromatic rings. The predicted molar refractivity (Wildman–Crippen MR) is 257 cm³/mol. The molecule has 6 N–H and O–H groups in total. The molecule has 0 spiro atoms. The number of benzene rings is 6. The summed E-state index contributed by atoms with van der Waals surface area (Å²) < 4.78 is 40.1. The fourth-order valence-electron chi connectivity index (χ4n) is 7.61. The summed E-state index contributed by atoms with van der Waals surface area (Å²) in [6.45, 7) is 8.52. The Bertz CT molecular complexity index is 2930. The molecule has 2 aromatic heterocycles. The van der Waals surface area contributed by atoms with Gasteiger partial charge in [0, 0.05) is 58.2 Å². The number of fused-ring (bicyclic) bond motifs is 2. The topological polar surface area (TPSA) is 209 Å². The number of aliphatic carboxylic acids is 1. The molecule has 2 heterocycles. The van der Waals surface area contributed by atoms with E-state index in [9.17, 15) is 14.7 Å². The number of rotatable bonds is 19. The number of carboxylic acid groups (broad SMARTS) is 1. The number of furan rings is 2. The van der Waals surface area contributed by atoms with Gasteiger partial charge in [-0.1, -0.05) is 48.5 Å². The van der Waals surface area contributed by atoms with Crippen molar-refractivity contribution in [2.24, 2.45) is 11.5 Å². The Morgan fingerprint density at radius 1 is 0.544 bits per heavy atom. The quantitative estimate of drug-likeness (QED) is 0.0527.